The van der Waals surface area contributed by atoms with Gasteiger partial charge in [0.1, 0.15) is 10.7 Å². The molecule has 0 heterocycles. The number of nitrogens with one attached hydrogen (secondary N) is 1. The lowest BCUT2D eigenvalue weighted by Crippen LogP contribution is -2.36. The van der Waals surface area contributed by atoms with Crippen LogP contribution in [0.15, 0.2) is 21.5 Å². The normalized spacial score (nSPS) is 14.5. The summed E-state index contributed by atoms with van der Waals surface area (Å²) in [6, 6.07) is 1.32. The summed E-state index contributed by atoms with van der Waals surface area (Å²) in [6.45, 7) is 1.65. The van der Waals surface area contributed by atoms with E-state index in [0.29, 0.717) is 0 Å². The van der Waals surface area contributed by atoms with Gasteiger partial charge in [-0.05, 0) is 35.0 Å². The van der Waals surface area contributed by atoms with Crippen molar-refractivity contribution < 1.29 is 21.8 Å². The molecule has 1 amide bonds. The van der Waals surface area contributed by atoms with Gasteiger partial charge in [0.05, 0.1) is 5.56 Å². The van der Waals surface area contributed by atoms with Crippen LogP contribution in [0.1, 0.15) is 17.3 Å². The molecule has 0 bridgehead atoms. The number of halogens is 3. The van der Waals surface area contributed by atoms with Crippen molar-refractivity contribution in [3.63, 3.8) is 0 Å². The molecule has 0 aliphatic heterocycles. The van der Waals surface area contributed by atoms with Crippen LogP contribution in [-0.4, -0.2) is 36.6 Å². The fraction of sp³-hybridized carbons (Fsp3) is 0.364. The van der Waals surface area contributed by atoms with Crippen molar-refractivity contribution >= 4 is 52.4 Å². The molecule has 1 aromatic carbocycles. The summed E-state index contributed by atoms with van der Waals surface area (Å²) in [5.74, 6) is -1.44. The maximum atomic E-state index is 13.6. The van der Waals surface area contributed by atoms with Gasteiger partial charge in [-0.2, -0.15) is 0 Å². The van der Waals surface area contributed by atoms with Gasteiger partial charge in [0.15, 0.2) is 0 Å². The molecule has 2 unspecified atom stereocenters. The van der Waals surface area contributed by atoms with E-state index in [9.17, 15) is 21.8 Å². The molecule has 0 aliphatic carbocycles. The van der Waals surface area contributed by atoms with E-state index < -0.39 is 42.5 Å². The van der Waals surface area contributed by atoms with E-state index in [-0.39, 0.29) is 15.8 Å². The van der Waals surface area contributed by atoms with Crippen LogP contribution >= 0.6 is 26.6 Å². The van der Waals surface area contributed by atoms with E-state index in [1.807, 2.05) is 0 Å². The lowest BCUT2D eigenvalue weighted by Gasteiger charge is -2.14. The summed E-state index contributed by atoms with van der Waals surface area (Å²) in [5.41, 5.74) is -0.0793. The molecule has 0 spiro atoms. The van der Waals surface area contributed by atoms with Gasteiger partial charge in [0.25, 0.3) is 15.0 Å². The van der Waals surface area contributed by atoms with Gasteiger partial charge >= 0.3 is 0 Å². The number of rotatable bonds is 5. The van der Waals surface area contributed by atoms with E-state index >= 15 is 0 Å². The first-order valence-corrected chi connectivity index (χ1v) is 10.4. The number of carbonyl (C=O) groups excluding carboxylic acids is 1. The highest BCUT2D eigenvalue weighted by Gasteiger charge is 2.22. The molecule has 5 nitrogen and oxygen atoms in total. The van der Waals surface area contributed by atoms with Crippen molar-refractivity contribution in [3.8, 4) is 0 Å². The molecule has 10 heteroatoms. The largest absolute Gasteiger partial charge is 0.349 e. The molecule has 0 fully saturated rings. The van der Waals surface area contributed by atoms with E-state index in [4.69, 9.17) is 10.7 Å². The third-order valence-corrected chi connectivity index (χ3v) is 5.35. The van der Waals surface area contributed by atoms with Gasteiger partial charge in [-0.3, -0.25) is 9.00 Å². The Labute approximate surface area is 137 Å². The maximum Gasteiger partial charge on any atom is 0.264 e. The van der Waals surface area contributed by atoms with Crippen LogP contribution in [0.2, 0.25) is 0 Å². The van der Waals surface area contributed by atoms with Gasteiger partial charge in [0, 0.05) is 44.0 Å². The first-order valence-electron chi connectivity index (χ1n) is 5.57. The molecule has 1 N–H and O–H groups in total. The highest BCUT2D eigenvalue weighted by molar-refractivity contribution is 9.10. The Kier molecular flexibility index (Phi) is 6.33. The Morgan fingerprint density at radius 1 is 1.52 bits per heavy atom. The van der Waals surface area contributed by atoms with Crippen LogP contribution in [0.3, 0.4) is 0 Å². The molecule has 0 saturated heterocycles. The number of hydrogen-bond acceptors (Lipinski definition) is 4. The molecular formula is C11H12BrClFNO4S2. The van der Waals surface area contributed by atoms with Crippen molar-refractivity contribution in [2.24, 2.45) is 0 Å². The lowest BCUT2D eigenvalue weighted by atomic mass is 10.2. The predicted molar refractivity (Wildman–Crippen MR) is 83.0 cm³/mol. The summed E-state index contributed by atoms with van der Waals surface area (Å²) < 4.78 is 47.2. The van der Waals surface area contributed by atoms with E-state index in [2.05, 4.69) is 21.2 Å². The van der Waals surface area contributed by atoms with E-state index in [1.165, 1.54) is 6.26 Å². The van der Waals surface area contributed by atoms with E-state index in [0.717, 1.165) is 12.1 Å². The molecule has 1 aromatic rings. The van der Waals surface area contributed by atoms with Gasteiger partial charge in [-0.1, -0.05) is 0 Å². The molecule has 0 aliphatic rings. The first-order chi connectivity index (χ1) is 9.52. The van der Waals surface area contributed by atoms with Crippen molar-refractivity contribution in [1.29, 1.82) is 0 Å². The van der Waals surface area contributed by atoms with Gasteiger partial charge in [-0.15, -0.1) is 0 Å². The maximum absolute atomic E-state index is 13.6. The third kappa shape index (κ3) is 5.32. The van der Waals surface area contributed by atoms with Gasteiger partial charge in [0.2, 0.25) is 0 Å². The number of carbonyl (C=O) groups is 1. The highest BCUT2D eigenvalue weighted by Crippen LogP contribution is 2.26. The number of benzene rings is 1. The Morgan fingerprint density at radius 3 is 2.57 bits per heavy atom. The molecule has 21 heavy (non-hydrogen) atoms. The SMILES string of the molecule is CC(CS(C)=O)NC(=O)c1cc(S(=O)(=O)Cl)c(F)cc1Br. The van der Waals surface area contributed by atoms with Crippen molar-refractivity contribution in [2.75, 3.05) is 12.0 Å². The second-order valence-corrected chi connectivity index (χ2v) is 9.18. The summed E-state index contributed by atoms with van der Waals surface area (Å²) in [6.07, 6.45) is 1.49. The highest BCUT2D eigenvalue weighted by atomic mass is 79.9. The standard InChI is InChI=1S/C11H12BrClFNO4S2/c1-6(5-20(2)17)15-11(16)7-3-10(21(13,18)19)9(14)4-8(7)12/h3-4,6H,5H2,1-2H3,(H,15,16). The zero-order valence-corrected chi connectivity index (χ0v) is 15.0. The monoisotopic (exact) mass is 419 g/mol. The zero-order chi connectivity index (χ0) is 16.4. The van der Waals surface area contributed by atoms with Crippen molar-refractivity contribution in [1.82, 2.24) is 5.32 Å². The summed E-state index contributed by atoms with van der Waals surface area (Å²) in [4.78, 5) is 11.3. The zero-order valence-electron chi connectivity index (χ0n) is 11.0. The first kappa shape index (κ1) is 18.5. The summed E-state index contributed by atoms with van der Waals surface area (Å²) in [5, 5.41) is 2.54. The van der Waals surface area contributed by atoms with Gasteiger partial charge < -0.3 is 5.32 Å². The Bertz CT molecular complexity index is 696. The van der Waals surface area contributed by atoms with E-state index in [1.54, 1.807) is 6.92 Å². The molecule has 0 saturated carbocycles. The minimum absolute atomic E-state index is 0.0793. The second-order valence-electron chi connectivity index (χ2n) is 4.31. The smallest absolute Gasteiger partial charge is 0.264 e. The molecule has 0 radical (unpaired) electrons. The fourth-order valence-electron chi connectivity index (χ4n) is 1.59. The average molecular weight is 421 g/mol. The summed E-state index contributed by atoms with van der Waals surface area (Å²) >= 11 is 2.99. The van der Waals surface area contributed by atoms with Crippen LogP contribution < -0.4 is 5.32 Å². The minimum atomic E-state index is -4.31. The molecule has 1 rings (SSSR count). The Morgan fingerprint density at radius 2 is 2.10 bits per heavy atom. The topological polar surface area (TPSA) is 80.3 Å². The Balaban J connectivity index is 3.13. The number of hydrogen-bond donors (Lipinski definition) is 1. The van der Waals surface area contributed by atoms with Crippen LogP contribution in [0.5, 0.6) is 0 Å². The average Bonchev–Trinajstić information content (AvgIpc) is 2.24. The fourth-order valence-corrected chi connectivity index (χ4v) is 3.77. The van der Waals surface area contributed by atoms with Crippen LogP contribution in [0, 0.1) is 5.82 Å². The predicted octanol–water partition coefficient (Wildman–Crippen LogP) is 2.01. The van der Waals surface area contributed by atoms with Crippen molar-refractivity contribution in [2.45, 2.75) is 17.9 Å². The van der Waals surface area contributed by atoms with Crippen molar-refractivity contribution in [3.05, 3.63) is 28.0 Å². The molecular weight excluding hydrogens is 409 g/mol. The van der Waals surface area contributed by atoms with Crippen LogP contribution in [0.4, 0.5) is 4.39 Å². The Hall–Kier alpha value is -0.510. The second kappa shape index (κ2) is 7.17. The quantitative estimate of drug-likeness (QED) is 0.739. The van der Waals surface area contributed by atoms with Gasteiger partial charge in [-0.25, -0.2) is 12.8 Å². The molecule has 0 aromatic heterocycles. The summed E-state index contributed by atoms with van der Waals surface area (Å²) in [7, 11) is -0.293. The molecule has 2 atom stereocenters. The lowest BCUT2D eigenvalue weighted by molar-refractivity contribution is 0.0942. The number of amides is 1. The molecule has 118 valence electrons. The van der Waals surface area contributed by atoms with Crippen LogP contribution in [0.25, 0.3) is 0 Å². The third-order valence-electron chi connectivity index (χ3n) is 2.39. The van der Waals surface area contributed by atoms with Crippen LogP contribution in [-0.2, 0) is 19.9 Å². The minimum Gasteiger partial charge on any atom is -0.349 e.